The molecule has 18 heavy (non-hydrogen) atoms. The number of hydrogen-bond donors (Lipinski definition) is 2. The van der Waals surface area contributed by atoms with Crippen molar-refractivity contribution in [3.8, 4) is 0 Å². The van der Waals surface area contributed by atoms with E-state index in [1.165, 1.54) is 18.3 Å². The molecule has 1 heterocycles. The van der Waals surface area contributed by atoms with Gasteiger partial charge in [-0.05, 0) is 33.9 Å². The SMILES string of the molecule is C.CC.CC(C)=C/C=C(\C)N1CCNCC1.CN. The first-order valence-corrected chi connectivity index (χ1v) is 6.55. The summed E-state index contributed by atoms with van der Waals surface area (Å²) in [5, 5.41) is 3.35. The van der Waals surface area contributed by atoms with Gasteiger partial charge in [0.2, 0.25) is 0 Å². The van der Waals surface area contributed by atoms with E-state index in [0.29, 0.717) is 0 Å². The zero-order valence-electron chi connectivity index (χ0n) is 12.5. The first-order valence-electron chi connectivity index (χ1n) is 6.55. The number of piperazine rings is 1. The van der Waals surface area contributed by atoms with Crippen LogP contribution in [0.3, 0.4) is 0 Å². The molecule has 0 aromatic heterocycles. The van der Waals surface area contributed by atoms with Crippen molar-refractivity contribution in [3.63, 3.8) is 0 Å². The number of nitrogens with zero attached hydrogens (tertiary/aromatic N) is 1. The second kappa shape index (κ2) is 16.2. The minimum atomic E-state index is 0. The Balaban J connectivity index is -0.000000409. The Bertz CT molecular complexity index is 210. The van der Waals surface area contributed by atoms with Crippen molar-refractivity contribution in [1.82, 2.24) is 10.2 Å². The van der Waals surface area contributed by atoms with E-state index in [9.17, 15) is 0 Å². The van der Waals surface area contributed by atoms with Crippen LogP contribution in [0.25, 0.3) is 0 Å². The molecule has 3 N–H and O–H groups in total. The summed E-state index contributed by atoms with van der Waals surface area (Å²) < 4.78 is 0. The van der Waals surface area contributed by atoms with Gasteiger partial charge in [-0.25, -0.2) is 0 Å². The predicted octanol–water partition coefficient (Wildman–Crippen LogP) is 3.00. The van der Waals surface area contributed by atoms with E-state index < -0.39 is 0 Å². The highest BCUT2D eigenvalue weighted by Crippen LogP contribution is 2.05. The smallest absolute Gasteiger partial charge is 0.0300 e. The average molecular weight is 257 g/mol. The van der Waals surface area contributed by atoms with Crippen LogP contribution < -0.4 is 11.1 Å². The molecule has 0 radical (unpaired) electrons. The Morgan fingerprint density at radius 3 is 1.83 bits per heavy atom. The minimum absolute atomic E-state index is 0. The van der Waals surface area contributed by atoms with Gasteiger partial charge >= 0.3 is 0 Å². The van der Waals surface area contributed by atoms with Gasteiger partial charge in [0, 0.05) is 31.9 Å². The van der Waals surface area contributed by atoms with E-state index >= 15 is 0 Å². The van der Waals surface area contributed by atoms with Gasteiger partial charge < -0.3 is 16.0 Å². The van der Waals surface area contributed by atoms with Crippen molar-refractivity contribution in [3.05, 3.63) is 23.4 Å². The summed E-state index contributed by atoms with van der Waals surface area (Å²) in [6, 6.07) is 0. The Hall–Kier alpha value is -0.800. The third-order valence-electron chi connectivity index (χ3n) is 2.27. The molecule has 0 spiro atoms. The highest BCUT2D eigenvalue weighted by Gasteiger charge is 2.08. The zero-order chi connectivity index (χ0) is 13.7. The molecule has 0 bridgehead atoms. The van der Waals surface area contributed by atoms with Gasteiger partial charge in [-0.2, -0.15) is 0 Å². The van der Waals surface area contributed by atoms with E-state index in [1.54, 1.807) is 0 Å². The molecule has 1 aliphatic heterocycles. The van der Waals surface area contributed by atoms with Crippen molar-refractivity contribution >= 4 is 0 Å². The molecule has 0 aromatic rings. The van der Waals surface area contributed by atoms with Crippen molar-refractivity contribution in [1.29, 1.82) is 0 Å². The summed E-state index contributed by atoms with van der Waals surface area (Å²) in [6.45, 7) is 14.9. The van der Waals surface area contributed by atoms with Crippen molar-refractivity contribution < 1.29 is 0 Å². The quantitative estimate of drug-likeness (QED) is 0.747. The minimum Gasteiger partial charge on any atom is -0.372 e. The molecule has 0 atom stereocenters. The van der Waals surface area contributed by atoms with Gasteiger partial charge in [0.1, 0.15) is 0 Å². The maximum absolute atomic E-state index is 4.50. The lowest BCUT2D eigenvalue weighted by molar-refractivity contribution is 0.300. The van der Waals surface area contributed by atoms with Gasteiger partial charge in [0.05, 0.1) is 0 Å². The number of nitrogens with two attached hydrogens (primary N) is 1. The second-order valence-electron chi connectivity index (χ2n) is 3.79. The summed E-state index contributed by atoms with van der Waals surface area (Å²) in [6.07, 6.45) is 4.39. The van der Waals surface area contributed by atoms with Crippen LogP contribution in [0.15, 0.2) is 23.4 Å². The Morgan fingerprint density at radius 2 is 1.44 bits per heavy atom. The van der Waals surface area contributed by atoms with Crippen LogP contribution in [0, 0.1) is 0 Å². The summed E-state index contributed by atoms with van der Waals surface area (Å²) in [5.41, 5.74) is 7.23. The largest absolute Gasteiger partial charge is 0.372 e. The lowest BCUT2D eigenvalue weighted by Crippen LogP contribution is -2.42. The van der Waals surface area contributed by atoms with E-state index in [1.807, 2.05) is 13.8 Å². The summed E-state index contributed by atoms with van der Waals surface area (Å²) in [4.78, 5) is 2.43. The van der Waals surface area contributed by atoms with E-state index in [-0.39, 0.29) is 7.43 Å². The fourth-order valence-corrected chi connectivity index (χ4v) is 1.41. The standard InChI is InChI=1S/C11H20N2.C2H6.CH5N.CH4/c1-10(2)4-5-11(3)13-8-6-12-7-9-13;2*1-2;/h4-5,12H,6-9H2,1-3H3;1-2H3;2H2,1H3;1H4/b11-5+;;;. The number of rotatable bonds is 2. The van der Waals surface area contributed by atoms with Crippen LogP contribution >= 0.6 is 0 Å². The molecule has 1 saturated heterocycles. The normalized spacial score (nSPS) is 14.2. The summed E-state index contributed by atoms with van der Waals surface area (Å²) in [7, 11) is 1.50. The fourth-order valence-electron chi connectivity index (χ4n) is 1.41. The van der Waals surface area contributed by atoms with Crippen LogP contribution in [-0.2, 0) is 0 Å². The number of nitrogens with one attached hydrogen (secondary N) is 1. The van der Waals surface area contributed by atoms with Crippen molar-refractivity contribution in [2.75, 3.05) is 33.2 Å². The van der Waals surface area contributed by atoms with E-state index in [0.717, 1.165) is 26.2 Å². The van der Waals surface area contributed by atoms with E-state index in [4.69, 9.17) is 0 Å². The van der Waals surface area contributed by atoms with E-state index in [2.05, 4.69) is 48.9 Å². The van der Waals surface area contributed by atoms with Gasteiger partial charge in [-0.3, -0.25) is 0 Å². The number of hydrogen-bond acceptors (Lipinski definition) is 3. The molecular weight excluding hydrogens is 222 g/mol. The Kier molecular flexibility index (Phi) is 20.1. The molecule has 0 amide bonds. The third kappa shape index (κ3) is 11.7. The van der Waals surface area contributed by atoms with Gasteiger partial charge in [0.25, 0.3) is 0 Å². The molecule has 1 rings (SSSR count). The first-order chi connectivity index (χ1) is 8.20. The van der Waals surface area contributed by atoms with Crippen molar-refractivity contribution in [2.24, 2.45) is 5.73 Å². The molecule has 110 valence electrons. The number of allylic oxidation sites excluding steroid dienone is 4. The fraction of sp³-hybridized carbons (Fsp3) is 0.733. The highest BCUT2D eigenvalue weighted by atomic mass is 15.2. The third-order valence-corrected chi connectivity index (χ3v) is 2.27. The lowest BCUT2D eigenvalue weighted by atomic mass is 10.2. The van der Waals surface area contributed by atoms with Crippen molar-refractivity contribution in [2.45, 2.75) is 42.0 Å². The van der Waals surface area contributed by atoms with Crippen LogP contribution in [0.2, 0.25) is 0 Å². The monoisotopic (exact) mass is 257 g/mol. The topological polar surface area (TPSA) is 41.3 Å². The molecule has 1 aliphatic rings. The van der Waals surface area contributed by atoms with Gasteiger partial charge in [0.15, 0.2) is 0 Å². The van der Waals surface area contributed by atoms with Crippen LogP contribution in [0.5, 0.6) is 0 Å². The summed E-state index contributed by atoms with van der Waals surface area (Å²) >= 11 is 0. The van der Waals surface area contributed by atoms with Crippen LogP contribution in [-0.4, -0.2) is 38.1 Å². The molecule has 0 unspecified atom stereocenters. The molecule has 0 aliphatic carbocycles. The molecule has 0 aromatic carbocycles. The molecule has 1 fully saturated rings. The maximum Gasteiger partial charge on any atom is 0.0300 e. The summed E-state index contributed by atoms with van der Waals surface area (Å²) in [5.74, 6) is 0. The van der Waals surface area contributed by atoms with Gasteiger partial charge in [-0.1, -0.05) is 32.9 Å². The highest BCUT2D eigenvalue weighted by molar-refractivity contribution is 5.13. The molecular formula is C15H35N3. The Labute approximate surface area is 115 Å². The van der Waals surface area contributed by atoms with Crippen LogP contribution in [0.4, 0.5) is 0 Å². The maximum atomic E-state index is 4.50. The van der Waals surface area contributed by atoms with Gasteiger partial charge in [-0.15, -0.1) is 0 Å². The second-order valence-corrected chi connectivity index (χ2v) is 3.79. The molecule has 3 nitrogen and oxygen atoms in total. The predicted molar refractivity (Wildman–Crippen MR) is 85.8 cm³/mol. The zero-order valence-corrected chi connectivity index (χ0v) is 12.5. The first kappa shape index (κ1) is 22.4. The Morgan fingerprint density at radius 1 is 1.00 bits per heavy atom. The molecule has 0 saturated carbocycles. The van der Waals surface area contributed by atoms with Crippen LogP contribution in [0.1, 0.15) is 42.0 Å². The molecule has 3 heteroatoms. The average Bonchev–Trinajstić information content (AvgIpc) is 2.41. The lowest BCUT2D eigenvalue weighted by Gasteiger charge is -2.29.